The van der Waals surface area contributed by atoms with Crippen molar-refractivity contribution >= 4 is 17.4 Å². The first-order chi connectivity index (χ1) is 9.20. The van der Waals surface area contributed by atoms with Crippen molar-refractivity contribution in [3.8, 4) is 5.75 Å². The van der Waals surface area contributed by atoms with Crippen LogP contribution in [0.5, 0.6) is 5.75 Å². The Labute approximate surface area is 117 Å². The highest BCUT2D eigenvalue weighted by Gasteiger charge is 2.10. The quantitative estimate of drug-likeness (QED) is 0.842. The van der Waals surface area contributed by atoms with Crippen molar-refractivity contribution in [2.75, 3.05) is 7.11 Å². The molecule has 1 aromatic carbocycles. The van der Waals surface area contributed by atoms with Crippen LogP contribution in [0.4, 0.5) is 0 Å². The maximum Gasteiger partial charge on any atom is 0.141 e. The van der Waals surface area contributed by atoms with E-state index in [9.17, 15) is 4.79 Å². The van der Waals surface area contributed by atoms with Crippen molar-refractivity contribution in [1.29, 1.82) is 0 Å². The molecule has 0 N–H and O–H groups in total. The van der Waals surface area contributed by atoms with Gasteiger partial charge in [-0.3, -0.25) is 9.78 Å². The molecule has 1 heterocycles. The largest absolute Gasteiger partial charge is 0.496 e. The van der Waals surface area contributed by atoms with Crippen molar-refractivity contribution in [2.45, 2.75) is 12.8 Å². The van der Waals surface area contributed by atoms with E-state index in [1.165, 1.54) is 0 Å². The van der Waals surface area contributed by atoms with E-state index in [1.54, 1.807) is 25.6 Å². The Morgan fingerprint density at radius 3 is 2.68 bits per heavy atom. The van der Waals surface area contributed by atoms with Crippen molar-refractivity contribution < 1.29 is 9.53 Å². The fraction of sp³-hybridized carbons (Fsp3) is 0.200. The Bertz CT molecular complexity index is 584. The van der Waals surface area contributed by atoms with Crippen LogP contribution in [0.25, 0.3) is 0 Å². The molecule has 0 aliphatic rings. The first kappa shape index (κ1) is 13.6. The normalized spacial score (nSPS) is 10.2. The van der Waals surface area contributed by atoms with Crippen LogP contribution in [0, 0.1) is 0 Å². The lowest BCUT2D eigenvalue weighted by atomic mass is 10.0. The zero-order valence-corrected chi connectivity index (χ0v) is 11.4. The minimum Gasteiger partial charge on any atom is -0.496 e. The highest BCUT2D eigenvalue weighted by atomic mass is 35.5. The van der Waals surface area contributed by atoms with Crippen LogP contribution in [0.2, 0.25) is 5.02 Å². The van der Waals surface area contributed by atoms with E-state index in [2.05, 4.69) is 4.98 Å². The van der Waals surface area contributed by atoms with Crippen LogP contribution in [0.15, 0.2) is 42.7 Å². The second-order valence-electron chi connectivity index (χ2n) is 4.17. The second-order valence-corrected chi connectivity index (χ2v) is 4.58. The molecule has 0 aliphatic heterocycles. The number of carbonyl (C=O) groups is 1. The minimum atomic E-state index is 0.0950. The number of halogens is 1. The number of hydrogen-bond acceptors (Lipinski definition) is 3. The molecule has 3 nitrogen and oxygen atoms in total. The third kappa shape index (κ3) is 3.55. The summed E-state index contributed by atoms with van der Waals surface area (Å²) in [6.07, 6.45) is 3.83. The van der Waals surface area contributed by atoms with Gasteiger partial charge in [-0.1, -0.05) is 29.8 Å². The van der Waals surface area contributed by atoms with Crippen LogP contribution < -0.4 is 4.74 Å². The van der Waals surface area contributed by atoms with Crippen LogP contribution in [-0.4, -0.2) is 17.9 Å². The lowest BCUT2D eigenvalue weighted by molar-refractivity contribution is -0.117. The number of rotatable bonds is 5. The van der Waals surface area contributed by atoms with Crippen LogP contribution >= 0.6 is 11.6 Å². The van der Waals surface area contributed by atoms with Gasteiger partial charge in [-0.15, -0.1) is 0 Å². The number of hydrogen-bond donors (Lipinski definition) is 0. The number of pyridine rings is 1. The average molecular weight is 276 g/mol. The van der Waals surface area contributed by atoms with E-state index in [-0.39, 0.29) is 5.78 Å². The Balaban J connectivity index is 2.08. The molecule has 98 valence electrons. The topological polar surface area (TPSA) is 39.2 Å². The molecular weight excluding hydrogens is 262 g/mol. The molecule has 0 fully saturated rings. The van der Waals surface area contributed by atoms with Crippen molar-refractivity contribution in [1.82, 2.24) is 4.98 Å². The van der Waals surface area contributed by atoms with Gasteiger partial charge >= 0.3 is 0 Å². The predicted molar refractivity (Wildman–Crippen MR) is 74.7 cm³/mol. The maximum absolute atomic E-state index is 12.1. The highest BCUT2D eigenvalue weighted by molar-refractivity contribution is 6.31. The number of ether oxygens (including phenoxy) is 1. The van der Waals surface area contributed by atoms with Gasteiger partial charge in [0.05, 0.1) is 12.1 Å². The second kappa shape index (κ2) is 6.34. The molecule has 0 atom stereocenters. The number of nitrogens with zero attached hydrogens (tertiary/aromatic N) is 1. The Kier molecular flexibility index (Phi) is 4.53. The predicted octanol–water partition coefficient (Wildman–Crippen LogP) is 3.10. The summed E-state index contributed by atoms with van der Waals surface area (Å²) in [4.78, 5) is 16.0. The van der Waals surface area contributed by atoms with Gasteiger partial charge < -0.3 is 4.74 Å². The lowest BCUT2D eigenvalue weighted by Crippen LogP contribution is -2.08. The Hall–Kier alpha value is -1.87. The number of para-hydroxylation sites is 1. The minimum absolute atomic E-state index is 0.0950. The van der Waals surface area contributed by atoms with Gasteiger partial charge in [-0.05, 0) is 17.7 Å². The molecule has 0 radical (unpaired) electrons. The summed E-state index contributed by atoms with van der Waals surface area (Å²) in [7, 11) is 1.60. The maximum atomic E-state index is 12.1. The average Bonchev–Trinajstić information content (AvgIpc) is 2.42. The van der Waals surface area contributed by atoms with E-state index in [1.807, 2.05) is 24.3 Å². The Morgan fingerprint density at radius 1 is 1.21 bits per heavy atom. The van der Waals surface area contributed by atoms with Gasteiger partial charge in [0.15, 0.2) is 0 Å². The van der Waals surface area contributed by atoms with E-state index in [0.29, 0.717) is 17.9 Å². The molecule has 0 saturated heterocycles. The number of benzene rings is 1. The highest BCUT2D eigenvalue weighted by Crippen LogP contribution is 2.20. The van der Waals surface area contributed by atoms with E-state index in [0.717, 1.165) is 16.9 Å². The van der Waals surface area contributed by atoms with Crippen molar-refractivity contribution in [3.63, 3.8) is 0 Å². The molecule has 0 spiro atoms. The van der Waals surface area contributed by atoms with Gasteiger partial charge in [0.25, 0.3) is 0 Å². The first-order valence-corrected chi connectivity index (χ1v) is 6.30. The standard InChI is InChI=1S/C15H14ClNO2/c1-19-15-5-3-2-4-12(15)9-13(18)8-11-6-7-17-10-14(11)16/h2-7,10H,8-9H2,1H3. The molecule has 19 heavy (non-hydrogen) atoms. The van der Waals surface area contributed by atoms with Crippen LogP contribution in [0.3, 0.4) is 0 Å². The summed E-state index contributed by atoms with van der Waals surface area (Å²) in [5, 5.41) is 0.524. The van der Waals surface area contributed by atoms with Gasteiger partial charge in [-0.2, -0.15) is 0 Å². The van der Waals surface area contributed by atoms with Crippen molar-refractivity contribution in [2.24, 2.45) is 0 Å². The fourth-order valence-electron chi connectivity index (χ4n) is 1.88. The van der Waals surface area contributed by atoms with Gasteiger partial charge in [0.1, 0.15) is 11.5 Å². The molecule has 2 aromatic rings. The van der Waals surface area contributed by atoms with E-state index >= 15 is 0 Å². The third-order valence-electron chi connectivity index (χ3n) is 2.82. The number of aromatic nitrogens is 1. The molecule has 2 rings (SSSR count). The fourth-order valence-corrected chi connectivity index (χ4v) is 2.07. The number of Topliss-reactive ketones (excluding diaryl/α,β-unsaturated/α-hetero) is 1. The lowest BCUT2D eigenvalue weighted by Gasteiger charge is -2.08. The molecule has 0 unspecified atom stereocenters. The SMILES string of the molecule is COc1ccccc1CC(=O)Cc1ccncc1Cl. The first-order valence-electron chi connectivity index (χ1n) is 5.92. The summed E-state index contributed by atoms with van der Waals surface area (Å²) < 4.78 is 5.23. The molecule has 4 heteroatoms. The number of carbonyl (C=O) groups excluding carboxylic acids is 1. The molecule has 1 aromatic heterocycles. The summed E-state index contributed by atoms with van der Waals surface area (Å²) in [5.74, 6) is 0.828. The van der Waals surface area contributed by atoms with Gasteiger partial charge in [-0.25, -0.2) is 0 Å². The monoisotopic (exact) mass is 275 g/mol. The molecular formula is C15H14ClNO2. The summed E-state index contributed by atoms with van der Waals surface area (Å²) in [6, 6.07) is 9.28. The Morgan fingerprint density at radius 2 is 1.95 bits per heavy atom. The molecule has 0 bridgehead atoms. The van der Waals surface area contributed by atoms with Gasteiger partial charge in [0.2, 0.25) is 0 Å². The summed E-state index contributed by atoms with van der Waals surface area (Å²) in [6.45, 7) is 0. The third-order valence-corrected chi connectivity index (χ3v) is 3.16. The van der Waals surface area contributed by atoms with Crippen molar-refractivity contribution in [3.05, 3.63) is 58.9 Å². The molecule has 0 aliphatic carbocycles. The summed E-state index contributed by atoms with van der Waals surface area (Å²) >= 11 is 5.99. The van der Waals surface area contributed by atoms with E-state index < -0.39 is 0 Å². The van der Waals surface area contributed by atoms with E-state index in [4.69, 9.17) is 16.3 Å². The summed E-state index contributed by atoms with van der Waals surface area (Å²) in [5.41, 5.74) is 1.69. The smallest absolute Gasteiger partial charge is 0.141 e. The van der Waals surface area contributed by atoms with Gasteiger partial charge in [0, 0.05) is 30.8 Å². The number of ketones is 1. The number of methoxy groups -OCH3 is 1. The molecule has 0 saturated carbocycles. The van der Waals surface area contributed by atoms with Crippen LogP contribution in [-0.2, 0) is 17.6 Å². The molecule has 0 amide bonds. The zero-order chi connectivity index (χ0) is 13.7. The zero-order valence-electron chi connectivity index (χ0n) is 10.6. The van der Waals surface area contributed by atoms with Crippen LogP contribution in [0.1, 0.15) is 11.1 Å².